The van der Waals surface area contributed by atoms with Crippen LogP contribution in [0.15, 0.2) is 18.5 Å². The summed E-state index contributed by atoms with van der Waals surface area (Å²) in [5.74, 6) is 0.172. The molecule has 18 heavy (non-hydrogen) atoms. The second kappa shape index (κ2) is 5.25. The quantitative estimate of drug-likeness (QED) is 0.870. The molecule has 0 saturated carbocycles. The summed E-state index contributed by atoms with van der Waals surface area (Å²) in [6.45, 7) is 3.67. The van der Waals surface area contributed by atoms with E-state index in [0.29, 0.717) is 5.69 Å². The predicted molar refractivity (Wildman–Crippen MR) is 72.3 cm³/mol. The molecular weight excluding hydrogens is 228 g/mol. The summed E-state index contributed by atoms with van der Waals surface area (Å²) in [7, 11) is 1.89. The van der Waals surface area contributed by atoms with E-state index in [0.717, 1.165) is 31.6 Å². The van der Waals surface area contributed by atoms with Crippen molar-refractivity contribution in [1.29, 1.82) is 0 Å². The van der Waals surface area contributed by atoms with Crippen LogP contribution in [-0.2, 0) is 4.79 Å². The summed E-state index contributed by atoms with van der Waals surface area (Å²) < 4.78 is 0. The molecule has 0 bridgehead atoms. The second-order valence-corrected chi connectivity index (χ2v) is 4.75. The van der Waals surface area contributed by atoms with Crippen LogP contribution in [0.4, 0.5) is 11.4 Å². The Bertz CT molecular complexity index is 429. The lowest BCUT2D eigenvalue weighted by Crippen LogP contribution is -2.44. The van der Waals surface area contributed by atoms with Gasteiger partial charge in [-0.1, -0.05) is 0 Å². The first kappa shape index (κ1) is 12.7. The maximum absolute atomic E-state index is 12.3. The lowest BCUT2D eigenvalue weighted by Gasteiger charge is -2.30. The van der Waals surface area contributed by atoms with E-state index in [-0.39, 0.29) is 11.9 Å². The van der Waals surface area contributed by atoms with Gasteiger partial charge in [0.25, 0.3) is 0 Å². The number of anilines is 2. The molecule has 2 heterocycles. The first-order valence-corrected chi connectivity index (χ1v) is 6.32. The van der Waals surface area contributed by atoms with Gasteiger partial charge in [-0.15, -0.1) is 0 Å². The van der Waals surface area contributed by atoms with Crippen molar-refractivity contribution in [3.63, 3.8) is 0 Å². The molecule has 0 spiro atoms. The molecular formula is C13H20N4O. The van der Waals surface area contributed by atoms with Gasteiger partial charge in [-0.3, -0.25) is 9.78 Å². The molecule has 1 aromatic heterocycles. The maximum atomic E-state index is 12.3. The van der Waals surface area contributed by atoms with E-state index in [9.17, 15) is 4.79 Å². The number of likely N-dealkylation sites (N-methyl/N-ethyl adjacent to an activating group) is 1. The molecule has 1 unspecified atom stereocenters. The van der Waals surface area contributed by atoms with Crippen LogP contribution in [0.5, 0.6) is 0 Å². The summed E-state index contributed by atoms with van der Waals surface area (Å²) in [5, 5.41) is 0. The Kier molecular flexibility index (Phi) is 3.69. The number of amides is 1. The molecule has 1 saturated heterocycles. The van der Waals surface area contributed by atoms with E-state index < -0.39 is 0 Å². The number of hydrogen-bond acceptors (Lipinski definition) is 4. The van der Waals surface area contributed by atoms with Gasteiger partial charge in [-0.05, 0) is 25.8 Å². The lowest BCUT2D eigenvalue weighted by atomic mass is 10.2. The van der Waals surface area contributed by atoms with Crippen LogP contribution in [0.1, 0.15) is 19.8 Å². The van der Waals surface area contributed by atoms with E-state index in [1.165, 1.54) is 0 Å². The smallest absolute Gasteiger partial charge is 0.244 e. The number of likely N-dealkylation sites (tertiary alicyclic amines) is 1. The average molecular weight is 248 g/mol. The first-order valence-electron chi connectivity index (χ1n) is 6.32. The van der Waals surface area contributed by atoms with Crippen molar-refractivity contribution < 1.29 is 4.79 Å². The Morgan fingerprint density at radius 2 is 2.17 bits per heavy atom. The molecule has 0 aromatic carbocycles. The number of nitrogens with two attached hydrogens (primary N) is 1. The fraction of sp³-hybridized carbons (Fsp3) is 0.538. The molecule has 98 valence electrons. The van der Waals surface area contributed by atoms with Gasteiger partial charge in [0.2, 0.25) is 5.91 Å². The van der Waals surface area contributed by atoms with Gasteiger partial charge in [0.05, 0.1) is 17.6 Å². The zero-order valence-electron chi connectivity index (χ0n) is 11.0. The highest BCUT2D eigenvalue weighted by atomic mass is 16.2. The van der Waals surface area contributed by atoms with Crippen LogP contribution < -0.4 is 10.6 Å². The van der Waals surface area contributed by atoms with E-state index in [1.807, 2.05) is 29.8 Å². The summed E-state index contributed by atoms with van der Waals surface area (Å²) in [6.07, 6.45) is 5.52. The largest absolute Gasteiger partial charge is 0.396 e. The van der Waals surface area contributed by atoms with Crippen molar-refractivity contribution in [3.8, 4) is 0 Å². The molecule has 0 radical (unpaired) electrons. The Morgan fingerprint density at radius 3 is 2.78 bits per heavy atom. The highest BCUT2D eigenvalue weighted by Crippen LogP contribution is 2.23. The summed E-state index contributed by atoms with van der Waals surface area (Å²) in [4.78, 5) is 20.1. The molecule has 1 aliphatic heterocycles. The number of aromatic nitrogens is 1. The van der Waals surface area contributed by atoms with Gasteiger partial charge in [-0.25, -0.2) is 0 Å². The van der Waals surface area contributed by atoms with Crippen molar-refractivity contribution in [3.05, 3.63) is 18.5 Å². The molecule has 1 amide bonds. The minimum atomic E-state index is -0.201. The number of carbonyl (C=O) groups is 1. The van der Waals surface area contributed by atoms with Gasteiger partial charge < -0.3 is 15.5 Å². The summed E-state index contributed by atoms with van der Waals surface area (Å²) >= 11 is 0. The average Bonchev–Trinajstić information content (AvgIpc) is 2.90. The third-order valence-electron chi connectivity index (χ3n) is 3.56. The topological polar surface area (TPSA) is 62.5 Å². The van der Waals surface area contributed by atoms with Crippen molar-refractivity contribution in [2.24, 2.45) is 0 Å². The van der Waals surface area contributed by atoms with Crippen LogP contribution in [0, 0.1) is 0 Å². The molecule has 2 N–H and O–H groups in total. The third kappa shape index (κ3) is 2.39. The maximum Gasteiger partial charge on any atom is 0.244 e. The molecule has 5 nitrogen and oxygen atoms in total. The number of carbonyl (C=O) groups excluding carboxylic acids is 1. The standard InChI is InChI=1S/C13H20N4O/c1-10(13(18)17-7-3-4-8-17)16(2)12-5-6-15-9-11(12)14/h5-6,9-10H,3-4,7-8,14H2,1-2H3. The molecule has 1 fully saturated rings. The van der Waals surface area contributed by atoms with E-state index in [2.05, 4.69) is 4.98 Å². The van der Waals surface area contributed by atoms with Gasteiger partial charge in [0, 0.05) is 26.3 Å². The van der Waals surface area contributed by atoms with Crippen molar-refractivity contribution in [2.75, 3.05) is 30.8 Å². The monoisotopic (exact) mass is 248 g/mol. The number of nitrogen functional groups attached to an aromatic ring is 1. The number of nitrogens with zero attached hydrogens (tertiary/aromatic N) is 3. The minimum absolute atomic E-state index is 0.172. The van der Waals surface area contributed by atoms with Crippen LogP contribution in [-0.4, -0.2) is 42.0 Å². The first-order chi connectivity index (χ1) is 8.61. The highest BCUT2D eigenvalue weighted by molar-refractivity contribution is 5.86. The van der Waals surface area contributed by atoms with E-state index in [1.54, 1.807) is 12.4 Å². The highest BCUT2D eigenvalue weighted by Gasteiger charge is 2.26. The van der Waals surface area contributed by atoms with Gasteiger partial charge >= 0.3 is 0 Å². The van der Waals surface area contributed by atoms with Crippen LogP contribution >= 0.6 is 0 Å². The Hall–Kier alpha value is -1.78. The third-order valence-corrected chi connectivity index (χ3v) is 3.56. The molecule has 2 rings (SSSR count). The molecule has 5 heteroatoms. The van der Waals surface area contributed by atoms with Gasteiger partial charge in [-0.2, -0.15) is 0 Å². The van der Waals surface area contributed by atoms with Crippen molar-refractivity contribution >= 4 is 17.3 Å². The van der Waals surface area contributed by atoms with E-state index in [4.69, 9.17) is 5.73 Å². The number of rotatable bonds is 3. The normalized spacial score (nSPS) is 16.7. The number of pyridine rings is 1. The SMILES string of the molecule is CC(C(=O)N1CCCC1)N(C)c1ccncc1N. The number of hydrogen-bond donors (Lipinski definition) is 1. The van der Waals surface area contributed by atoms with Crippen molar-refractivity contribution in [1.82, 2.24) is 9.88 Å². The van der Waals surface area contributed by atoms with Gasteiger partial charge in [0.15, 0.2) is 0 Å². The molecule has 0 aliphatic carbocycles. The zero-order valence-corrected chi connectivity index (χ0v) is 11.0. The molecule has 1 aromatic rings. The van der Waals surface area contributed by atoms with Crippen molar-refractivity contribution in [2.45, 2.75) is 25.8 Å². The fourth-order valence-electron chi connectivity index (χ4n) is 2.30. The summed E-state index contributed by atoms with van der Waals surface area (Å²) in [6, 6.07) is 1.64. The lowest BCUT2D eigenvalue weighted by molar-refractivity contribution is -0.131. The zero-order chi connectivity index (χ0) is 13.1. The Balaban J connectivity index is 2.10. The Morgan fingerprint density at radius 1 is 1.50 bits per heavy atom. The van der Waals surface area contributed by atoms with E-state index >= 15 is 0 Å². The van der Waals surface area contributed by atoms with Crippen LogP contribution in [0.2, 0.25) is 0 Å². The van der Waals surface area contributed by atoms with Gasteiger partial charge in [0.1, 0.15) is 6.04 Å². The fourth-order valence-corrected chi connectivity index (χ4v) is 2.30. The predicted octanol–water partition coefficient (Wildman–Crippen LogP) is 1.11. The summed E-state index contributed by atoms with van der Waals surface area (Å²) in [5.41, 5.74) is 7.33. The minimum Gasteiger partial charge on any atom is -0.396 e. The van der Waals surface area contributed by atoms with Crippen LogP contribution in [0.3, 0.4) is 0 Å². The second-order valence-electron chi connectivity index (χ2n) is 4.75. The Labute approximate surface area is 108 Å². The molecule has 1 aliphatic rings. The van der Waals surface area contributed by atoms with Crippen LogP contribution in [0.25, 0.3) is 0 Å². The molecule has 1 atom stereocenters.